The molecular weight excluding hydrogens is 232 g/mol. The standard InChI is InChI=1S/C13H16N2OS/c1-15-12(11-6-3-2-4-7-11)10-14-13(15)17-9-5-8-16/h2-4,6-7,10,16H,5,8-9H2,1H3. The average Bonchev–Trinajstić information content (AvgIpc) is 2.73. The predicted molar refractivity (Wildman–Crippen MR) is 71.1 cm³/mol. The van der Waals surface area contributed by atoms with Crippen LogP contribution in [0.3, 0.4) is 0 Å². The third-order valence-corrected chi connectivity index (χ3v) is 3.68. The minimum Gasteiger partial charge on any atom is -0.396 e. The molecule has 3 nitrogen and oxygen atoms in total. The summed E-state index contributed by atoms with van der Waals surface area (Å²) < 4.78 is 2.09. The Hall–Kier alpha value is -1.26. The van der Waals surface area contributed by atoms with Crippen LogP contribution in [0.4, 0.5) is 0 Å². The van der Waals surface area contributed by atoms with Crippen LogP contribution < -0.4 is 0 Å². The number of aliphatic hydroxyl groups is 1. The normalized spacial score (nSPS) is 10.7. The second-order valence-corrected chi connectivity index (χ2v) is 4.84. The van der Waals surface area contributed by atoms with E-state index in [1.165, 1.54) is 5.56 Å². The quantitative estimate of drug-likeness (QED) is 0.653. The van der Waals surface area contributed by atoms with Crippen molar-refractivity contribution in [2.75, 3.05) is 12.4 Å². The van der Waals surface area contributed by atoms with Crippen molar-refractivity contribution in [2.45, 2.75) is 11.6 Å². The van der Waals surface area contributed by atoms with E-state index in [1.54, 1.807) is 11.8 Å². The van der Waals surface area contributed by atoms with Crippen molar-refractivity contribution < 1.29 is 5.11 Å². The lowest BCUT2D eigenvalue weighted by molar-refractivity contribution is 0.296. The van der Waals surface area contributed by atoms with Crippen LogP contribution in [-0.2, 0) is 7.05 Å². The molecule has 0 aliphatic rings. The molecule has 0 radical (unpaired) electrons. The van der Waals surface area contributed by atoms with Gasteiger partial charge >= 0.3 is 0 Å². The van der Waals surface area contributed by atoms with E-state index in [-0.39, 0.29) is 6.61 Å². The second kappa shape index (κ2) is 5.89. The van der Waals surface area contributed by atoms with E-state index in [0.717, 1.165) is 23.0 Å². The van der Waals surface area contributed by atoms with Crippen LogP contribution in [-0.4, -0.2) is 27.0 Å². The summed E-state index contributed by atoms with van der Waals surface area (Å²) in [6, 6.07) is 10.2. The Morgan fingerprint density at radius 1 is 1.29 bits per heavy atom. The molecule has 0 aliphatic carbocycles. The number of thioether (sulfide) groups is 1. The van der Waals surface area contributed by atoms with Crippen LogP contribution in [0.15, 0.2) is 41.7 Å². The van der Waals surface area contributed by atoms with E-state index >= 15 is 0 Å². The van der Waals surface area contributed by atoms with Gasteiger partial charge in [0.25, 0.3) is 0 Å². The first-order chi connectivity index (χ1) is 8.33. The summed E-state index contributed by atoms with van der Waals surface area (Å²) in [5, 5.41) is 9.75. The Morgan fingerprint density at radius 2 is 2.06 bits per heavy atom. The summed E-state index contributed by atoms with van der Waals surface area (Å²) in [5.74, 6) is 0.898. The lowest BCUT2D eigenvalue weighted by atomic mass is 10.2. The minimum absolute atomic E-state index is 0.239. The van der Waals surface area contributed by atoms with Gasteiger partial charge in [0.15, 0.2) is 5.16 Å². The molecule has 0 aliphatic heterocycles. The fourth-order valence-corrected chi connectivity index (χ4v) is 2.51. The number of imidazole rings is 1. The zero-order valence-corrected chi connectivity index (χ0v) is 10.7. The highest BCUT2D eigenvalue weighted by atomic mass is 32.2. The van der Waals surface area contributed by atoms with Crippen molar-refractivity contribution >= 4 is 11.8 Å². The SMILES string of the molecule is Cn1c(-c2ccccc2)cnc1SCCCO. The molecule has 1 N–H and O–H groups in total. The monoisotopic (exact) mass is 248 g/mol. The molecular formula is C13H16N2OS. The predicted octanol–water partition coefficient (Wildman–Crippen LogP) is 2.56. The first-order valence-corrected chi connectivity index (χ1v) is 6.62. The van der Waals surface area contributed by atoms with E-state index in [1.807, 2.05) is 31.4 Å². The average molecular weight is 248 g/mol. The fourth-order valence-electron chi connectivity index (χ4n) is 1.63. The molecule has 1 aromatic carbocycles. The van der Waals surface area contributed by atoms with Crippen LogP contribution in [0, 0.1) is 0 Å². The lowest BCUT2D eigenvalue weighted by Gasteiger charge is -2.05. The first kappa shape index (κ1) is 12.2. The molecule has 90 valence electrons. The highest BCUT2D eigenvalue weighted by Gasteiger charge is 2.07. The third kappa shape index (κ3) is 2.90. The van der Waals surface area contributed by atoms with Gasteiger partial charge < -0.3 is 9.67 Å². The van der Waals surface area contributed by atoms with Gasteiger partial charge in [0.1, 0.15) is 0 Å². The molecule has 1 heterocycles. The molecule has 0 saturated heterocycles. The molecule has 4 heteroatoms. The van der Waals surface area contributed by atoms with Crippen LogP contribution in [0.1, 0.15) is 6.42 Å². The Bertz CT molecular complexity index is 468. The van der Waals surface area contributed by atoms with Gasteiger partial charge in [-0.25, -0.2) is 4.98 Å². The zero-order valence-electron chi connectivity index (χ0n) is 9.84. The summed E-state index contributed by atoms with van der Waals surface area (Å²) in [5.41, 5.74) is 2.30. The molecule has 0 saturated carbocycles. The Balaban J connectivity index is 2.15. The molecule has 0 bridgehead atoms. The number of nitrogens with zero attached hydrogens (tertiary/aromatic N) is 2. The zero-order chi connectivity index (χ0) is 12.1. The van der Waals surface area contributed by atoms with Crippen molar-refractivity contribution in [3.8, 4) is 11.3 Å². The number of rotatable bonds is 5. The summed E-state index contributed by atoms with van der Waals surface area (Å²) in [6.45, 7) is 0.239. The van der Waals surface area contributed by atoms with Gasteiger partial charge in [-0.05, 0) is 12.0 Å². The summed E-state index contributed by atoms with van der Waals surface area (Å²) >= 11 is 1.68. The molecule has 17 heavy (non-hydrogen) atoms. The van der Waals surface area contributed by atoms with Gasteiger partial charge in [0.05, 0.1) is 11.9 Å². The van der Waals surface area contributed by atoms with E-state index in [9.17, 15) is 0 Å². The summed E-state index contributed by atoms with van der Waals surface area (Å²) in [6.07, 6.45) is 2.70. The fraction of sp³-hybridized carbons (Fsp3) is 0.308. The number of benzene rings is 1. The largest absolute Gasteiger partial charge is 0.396 e. The van der Waals surface area contributed by atoms with Gasteiger partial charge in [-0.3, -0.25) is 0 Å². The van der Waals surface area contributed by atoms with E-state index < -0.39 is 0 Å². The van der Waals surface area contributed by atoms with Gasteiger partial charge in [-0.15, -0.1) is 0 Å². The molecule has 2 rings (SSSR count). The second-order valence-electron chi connectivity index (χ2n) is 3.78. The van der Waals surface area contributed by atoms with Crippen molar-refractivity contribution in [3.05, 3.63) is 36.5 Å². The number of hydrogen-bond donors (Lipinski definition) is 1. The van der Waals surface area contributed by atoms with Crippen molar-refractivity contribution in [2.24, 2.45) is 7.05 Å². The van der Waals surface area contributed by atoms with Crippen molar-refractivity contribution in [1.29, 1.82) is 0 Å². The van der Waals surface area contributed by atoms with Gasteiger partial charge in [-0.1, -0.05) is 42.1 Å². The van der Waals surface area contributed by atoms with Gasteiger partial charge in [0.2, 0.25) is 0 Å². The molecule has 0 unspecified atom stereocenters. The number of aromatic nitrogens is 2. The third-order valence-electron chi connectivity index (χ3n) is 2.55. The maximum Gasteiger partial charge on any atom is 0.168 e. The molecule has 0 spiro atoms. The summed E-state index contributed by atoms with van der Waals surface area (Å²) in [4.78, 5) is 4.41. The Labute approximate surface area is 106 Å². The maximum atomic E-state index is 8.76. The van der Waals surface area contributed by atoms with E-state index in [0.29, 0.717) is 0 Å². The van der Waals surface area contributed by atoms with E-state index in [4.69, 9.17) is 5.11 Å². The van der Waals surface area contributed by atoms with Crippen LogP contribution >= 0.6 is 11.8 Å². The van der Waals surface area contributed by atoms with Crippen LogP contribution in [0.25, 0.3) is 11.3 Å². The highest BCUT2D eigenvalue weighted by Crippen LogP contribution is 2.24. The van der Waals surface area contributed by atoms with Gasteiger partial charge in [0, 0.05) is 19.4 Å². The molecule has 0 amide bonds. The van der Waals surface area contributed by atoms with Crippen LogP contribution in [0.2, 0.25) is 0 Å². The smallest absolute Gasteiger partial charge is 0.168 e. The lowest BCUT2D eigenvalue weighted by Crippen LogP contribution is -1.95. The van der Waals surface area contributed by atoms with Crippen molar-refractivity contribution in [3.63, 3.8) is 0 Å². The first-order valence-electron chi connectivity index (χ1n) is 5.63. The molecule has 0 atom stereocenters. The molecule has 2 aromatic rings. The topological polar surface area (TPSA) is 38.0 Å². The minimum atomic E-state index is 0.239. The summed E-state index contributed by atoms with van der Waals surface area (Å²) in [7, 11) is 2.02. The van der Waals surface area contributed by atoms with Crippen molar-refractivity contribution in [1.82, 2.24) is 9.55 Å². The van der Waals surface area contributed by atoms with Crippen LogP contribution in [0.5, 0.6) is 0 Å². The maximum absolute atomic E-state index is 8.76. The van der Waals surface area contributed by atoms with Gasteiger partial charge in [-0.2, -0.15) is 0 Å². The highest BCUT2D eigenvalue weighted by molar-refractivity contribution is 7.99. The van der Waals surface area contributed by atoms with E-state index in [2.05, 4.69) is 21.7 Å². The molecule has 0 fully saturated rings. The number of hydrogen-bond acceptors (Lipinski definition) is 3. The molecule has 1 aromatic heterocycles. The Kier molecular flexibility index (Phi) is 4.23. The Morgan fingerprint density at radius 3 is 2.76 bits per heavy atom. The number of aliphatic hydroxyl groups excluding tert-OH is 1.